The van der Waals surface area contributed by atoms with E-state index in [1.165, 1.54) is 5.57 Å². The number of hydrogen-bond donors (Lipinski definition) is 1. The predicted octanol–water partition coefficient (Wildman–Crippen LogP) is 3.95. The van der Waals surface area contributed by atoms with Crippen LogP contribution in [0.5, 0.6) is 0 Å². The van der Waals surface area contributed by atoms with E-state index in [-0.39, 0.29) is 0 Å². The van der Waals surface area contributed by atoms with E-state index in [1.807, 2.05) is 12.5 Å². The van der Waals surface area contributed by atoms with Gasteiger partial charge < -0.3 is 4.89 Å². The van der Waals surface area contributed by atoms with Gasteiger partial charge in [-0.05, 0) is 37.2 Å². The van der Waals surface area contributed by atoms with Crippen molar-refractivity contribution >= 4 is 13.4 Å². The van der Waals surface area contributed by atoms with Crippen molar-refractivity contribution in [3.63, 3.8) is 0 Å². The van der Waals surface area contributed by atoms with Gasteiger partial charge in [-0.15, -0.1) is 0 Å². The third kappa shape index (κ3) is 5.02. The van der Waals surface area contributed by atoms with Gasteiger partial charge in [0.05, 0.1) is 0 Å². The van der Waals surface area contributed by atoms with E-state index in [4.69, 9.17) is 0 Å². The molecule has 0 radical (unpaired) electrons. The zero-order valence-electron chi connectivity index (χ0n) is 10.2. The summed E-state index contributed by atoms with van der Waals surface area (Å²) < 4.78 is 0. The van der Waals surface area contributed by atoms with Crippen molar-refractivity contribution in [2.45, 2.75) is 40.5 Å². The molecule has 84 valence electrons. The molecule has 0 fully saturated rings. The topological polar surface area (TPSA) is 20.2 Å². The summed E-state index contributed by atoms with van der Waals surface area (Å²) in [5.74, 6) is 3.28. The summed E-state index contributed by atoms with van der Waals surface area (Å²) in [6.45, 7) is 10.7. The molecule has 1 N–H and O–H groups in total. The maximum Gasteiger partial charge on any atom is 0.0155 e. The number of allylic oxidation sites excluding steroid dienone is 1. The molecule has 0 saturated heterocycles. The van der Waals surface area contributed by atoms with Crippen molar-refractivity contribution < 1.29 is 4.89 Å². The standard InChI is InChI=1S/C12H25OP/c1-7-11(9-14(5,6)13)12(8-2)10(3)4/h9-10,12-13H,5,7-8H2,1-4,6H3/b11-9+. The molecule has 2 atom stereocenters. The van der Waals surface area contributed by atoms with E-state index in [2.05, 4.69) is 34.0 Å². The highest BCUT2D eigenvalue weighted by molar-refractivity contribution is 7.70. The molecule has 0 spiro atoms. The Balaban J connectivity index is 4.86. The van der Waals surface area contributed by atoms with Crippen LogP contribution >= 0.6 is 7.11 Å². The van der Waals surface area contributed by atoms with Crippen LogP contribution in [0, 0.1) is 11.8 Å². The highest BCUT2D eigenvalue weighted by Crippen LogP contribution is 2.41. The van der Waals surface area contributed by atoms with E-state index in [1.54, 1.807) is 0 Å². The summed E-state index contributed by atoms with van der Waals surface area (Å²) in [5.41, 5.74) is 1.39. The molecule has 0 aromatic heterocycles. The molecule has 2 heteroatoms. The van der Waals surface area contributed by atoms with Crippen molar-refractivity contribution in [2.24, 2.45) is 11.8 Å². The lowest BCUT2D eigenvalue weighted by atomic mass is 9.86. The molecule has 0 aliphatic rings. The first-order valence-corrected chi connectivity index (χ1v) is 7.91. The second kappa shape index (κ2) is 5.78. The van der Waals surface area contributed by atoms with Crippen LogP contribution in [0.25, 0.3) is 0 Å². The van der Waals surface area contributed by atoms with Crippen molar-refractivity contribution in [3.05, 3.63) is 11.4 Å². The Morgan fingerprint density at radius 1 is 1.43 bits per heavy atom. The SMILES string of the molecule is C=P(C)(O)/C=C(\CC)C(CC)C(C)C. The summed E-state index contributed by atoms with van der Waals surface area (Å²) in [6, 6.07) is 0. The van der Waals surface area contributed by atoms with Crippen LogP contribution in [0.1, 0.15) is 40.5 Å². The summed E-state index contributed by atoms with van der Waals surface area (Å²) in [6.07, 6.45) is 6.00. The van der Waals surface area contributed by atoms with E-state index >= 15 is 0 Å². The van der Waals surface area contributed by atoms with Gasteiger partial charge in [0.15, 0.2) is 0 Å². The minimum Gasteiger partial charge on any atom is -0.373 e. The van der Waals surface area contributed by atoms with Gasteiger partial charge in [-0.1, -0.05) is 39.6 Å². The smallest absolute Gasteiger partial charge is 0.0155 e. The maximum atomic E-state index is 9.77. The molecule has 0 aromatic rings. The van der Waals surface area contributed by atoms with Gasteiger partial charge in [-0.3, -0.25) is 0 Å². The molecule has 14 heavy (non-hydrogen) atoms. The minimum absolute atomic E-state index is 0.605. The molecule has 0 aromatic carbocycles. The normalized spacial score (nSPS) is 19.5. The molecule has 0 heterocycles. The van der Waals surface area contributed by atoms with Gasteiger partial charge in [-0.25, -0.2) is 0 Å². The summed E-state index contributed by atoms with van der Waals surface area (Å²) >= 11 is 0. The Morgan fingerprint density at radius 2 is 1.93 bits per heavy atom. The molecular weight excluding hydrogens is 191 g/mol. The fraction of sp³-hybridized carbons (Fsp3) is 0.750. The first-order chi connectivity index (χ1) is 6.31. The molecular formula is C12H25OP. The zero-order chi connectivity index (χ0) is 11.4. The molecule has 0 rings (SSSR count). The summed E-state index contributed by atoms with van der Waals surface area (Å²) in [7, 11) is -2.01. The Hall–Kier alpha value is 0. The van der Waals surface area contributed by atoms with Crippen LogP contribution in [0.15, 0.2) is 11.4 Å². The van der Waals surface area contributed by atoms with Crippen LogP contribution in [0.3, 0.4) is 0 Å². The first kappa shape index (κ1) is 14.0. The Bertz CT molecular complexity index is 235. The van der Waals surface area contributed by atoms with E-state index in [9.17, 15) is 4.89 Å². The number of rotatable bonds is 5. The lowest BCUT2D eigenvalue weighted by molar-refractivity contribution is 0.422. The maximum absolute atomic E-state index is 9.77. The van der Waals surface area contributed by atoms with Crippen molar-refractivity contribution in [1.82, 2.24) is 0 Å². The van der Waals surface area contributed by atoms with Gasteiger partial charge in [-0.2, -0.15) is 0 Å². The largest absolute Gasteiger partial charge is 0.373 e. The van der Waals surface area contributed by atoms with Crippen LogP contribution < -0.4 is 0 Å². The molecule has 0 bridgehead atoms. The molecule has 0 aliphatic heterocycles. The quantitative estimate of drug-likeness (QED) is 0.690. The van der Waals surface area contributed by atoms with Gasteiger partial charge in [0, 0.05) is 7.11 Å². The van der Waals surface area contributed by atoms with Gasteiger partial charge in [0.2, 0.25) is 0 Å². The van der Waals surface area contributed by atoms with Crippen molar-refractivity contribution in [1.29, 1.82) is 0 Å². The average Bonchev–Trinajstić information content (AvgIpc) is 2.00. The van der Waals surface area contributed by atoms with Crippen LogP contribution in [0.2, 0.25) is 0 Å². The van der Waals surface area contributed by atoms with Crippen molar-refractivity contribution in [3.8, 4) is 0 Å². The third-order valence-electron chi connectivity index (χ3n) is 2.57. The molecule has 0 saturated carbocycles. The average molecular weight is 216 g/mol. The third-order valence-corrected chi connectivity index (χ3v) is 3.46. The molecule has 0 amide bonds. The van der Waals surface area contributed by atoms with Crippen LogP contribution in [0.4, 0.5) is 0 Å². The number of hydrogen-bond acceptors (Lipinski definition) is 1. The fourth-order valence-corrected chi connectivity index (χ4v) is 3.06. The highest BCUT2D eigenvalue weighted by atomic mass is 31.2. The van der Waals surface area contributed by atoms with E-state index in [0.29, 0.717) is 11.8 Å². The lowest BCUT2D eigenvalue weighted by Crippen LogP contribution is -2.10. The second-order valence-corrected chi connectivity index (χ2v) is 7.22. The van der Waals surface area contributed by atoms with Gasteiger partial charge in [0.25, 0.3) is 0 Å². The van der Waals surface area contributed by atoms with Crippen LogP contribution in [-0.2, 0) is 0 Å². The monoisotopic (exact) mass is 216 g/mol. The Morgan fingerprint density at radius 3 is 2.14 bits per heavy atom. The van der Waals surface area contributed by atoms with Gasteiger partial charge in [0.1, 0.15) is 0 Å². The first-order valence-electron chi connectivity index (χ1n) is 5.46. The lowest BCUT2D eigenvalue weighted by Gasteiger charge is -2.23. The Kier molecular flexibility index (Phi) is 5.78. The minimum atomic E-state index is -2.01. The molecule has 2 unspecified atom stereocenters. The molecule has 1 nitrogen and oxygen atoms in total. The molecule has 0 aliphatic carbocycles. The van der Waals surface area contributed by atoms with E-state index in [0.717, 1.165) is 12.8 Å². The predicted molar refractivity (Wildman–Crippen MR) is 69.2 cm³/mol. The van der Waals surface area contributed by atoms with E-state index < -0.39 is 7.11 Å². The van der Waals surface area contributed by atoms with Crippen LogP contribution in [-0.4, -0.2) is 17.9 Å². The van der Waals surface area contributed by atoms with Gasteiger partial charge >= 0.3 is 0 Å². The fourth-order valence-electron chi connectivity index (χ4n) is 1.97. The Labute approximate surface area is 89.3 Å². The summed E-state index contributed by atoms with van der Waals surface area (Å²) in [5, 5.41) is 0. The summed E-state index contributed by atoms with van der Waals surface area (Å²) in [4.78, 5) is 9.77. The second-order valence-electron chi connectivity index (χ2n) is 4.53. The van der Waals surface area contributed by atoms with Crippen molar-refractivity contribution in [2.75, 3.05) is 6.66 Å². The highest BCUT2D eigenvalue weighted by Gasteiger charge is 2.16. The zero-order valence-corrected chi connectivity index (χ0v) is 11.1.